The number of nitrogens with one attached hydrogen (secondary N) is 1. The van der Waals surface area contributed by atoms with Crippen LogP contribution in [0.5, 0.6) is 0 Å². The molecule has 1 aliphatic rings. The van der Waals surface area contributed by atoms with Crippen molar-refractivity contribution in [1.29, 1.82) is 0 Å². The van der Waals surface area contributed by atoms with Crippen molar-refractivity contribution in [2.24, 2.45) is 0 Å². The maximum atomic E-state index is 4.18. The van der Waals surface area contributed by atoms with Crippen molar-refractivity contribution < 1.29 is 0 Å². The predicted molar refractivity (Wildman–Crippen MR) is 122 cm³/mol. The molecule has 0 unspecified atom stereocenters. The van der Waals surface area contributed by atoms with Crippen LogP contribution in [0.15, 0.2) is 91.0 Å². The molecule has 0 amide bonds. The van der Waals surface area contributed by atoms with Crippen LogP contribution in [0, 0.1) is 0 Å². The van der Waals surface area contributed by atoms with Crippen LogP contribution in [0.25, 0.3) is 0 Å². The van der Waals surface area contributed by atoms with E-state index in [0.29, 0.717) is 6.04 Å². The Morgan fingerprint density at radius 2 is 1.24 bits per heavy atom. The van der Waals surface area contributed by atoms with Crippen LogP contribution in [-0.2, 0) is 5.54 Å². The summed E-state index contributed by atoms with van der Waals surface area (Å²) >= 11 is 0. The third-order valence-electron chi connectivity index (χ3n) is 6.24. The summed E-state index contributed by atoms with van der Waals surface area (Å²) in [6, 6.07) is 33.3. The van der Waals surface area contributed by atoms with E-state index in [1.807, 2.05) is 0 Å². The van der Waals surface area contributed by atoms with Gasteiger partial charge in [-0.05, 0) is 42.6 Å². The topological polar surface area (TPSA) is 15.3 Å². The second kappa shape index (κ2) is 9.39. The Labute approximate surface area is 175 Å². The summed E-state index contributed by atoms with van der Waals surface area (Å²) in [5.41, 5.74) is 3.53. The Morgan fingerprint density at radius 1 is 0.759 bits per heavy atom. The van der Waals surface area contributed by atoms with E-state index in [4.69, 9.17) is 0 Å². The molecule has 3 aromatic carbocycles. The quantitative estimate of drug-likeness (QED) is 0.569. The first-order valence-corrected chi connectivity index (χ1v) is 11.0. The van der Waals surface area contributed by atoms with Crippen LogP contribution in [-0.4, -0.2) is 30.6 Å². The van der Waals surface area contributed by atoms with Gasteiger partial charge in [0.25, 0.3) is 0 Å². The lowest BCUT2D eigenvalue weighted by atomic mass is 9.76. The molecular weight excluding hydrogens is 352 g/mol. The van der Waals surface area contributed by atoms with Crippen molar-refractivity contribution in [1.82, 2.24) is 10.2 Å². The summed E-state index contributed by atoms with van der Waals surface area (Å²) in [4.78, 5) is 2.59. The number of rotatable bonds is 6. The third kappa shape index (κ3) is 4.29. The second-order valence-corrected chi connectivity index (χ2v) is 8.08. The maximum Gasteiger partial charge on any atom is 0.0950 e. The van der Waals surface area contributed by atoms with Gasteiger partial charge in [0, 0.05) is 12.6 Å². The molecule has 1 heterocycles. The summed E-state index contributed by atoms with van der Waals surface area (Å²) in [6.07, 6.45) is 3.79. The zero-order chi connectivity index (χ0) is 19.9. The average molecular weight is 385 g/mol. The highest BCUT2D eigenvalue weighted by molar-refractivity contribution is 5.49. The fraction of sp³-hybridized carbons (Fsp3) is 0.333. The van der Waals surface area contributed by atoms with Crippen LogP contribution in [0.1, 0.15) is 42.9 Å². The lowest BCUT2D eigenvalue weighted by Gasteiger charge is -2.41. The van der Waals surface area contributed by atoms with Crippen molar-refractivity contribution in [3.05, 3.63) is 108 Å². The molecule has 4 rings (SSSR count). The lowest BCUT2D eigenvalue weighted by molar-refractivity contribution is 0.253. The summed E-state index contributed by atoms with van der Waals surface area (Å²) < 4.78 is 0. The molecule has 150 valence electrons. The molecule has 1 saturated heterocycles. The number of likely N-dealkylation sites (N-methyl/N-ethyl adjacent to an activating group) is 1. The van der Waals surface area contributed by atoms with Crippen LogP contribution < -0.4 is 5.32 Å². The van der Waals surface area contributed by atoms with Gasteiger partial charge in [0.05, 0.1) is 5.54 Å². The molecule has 0 spiro atoms. The largest absolute Gasteiger partial charge is 0.302 e. The van der Waals surface area contributed by atoms with Crippen molar-refractivity contribution >= 4 is 0 Å². The van der Waals surface area contributed by atoms with Crippen molar-refractivity contribution in [3.63, 3.8) is 0 Å². The smallest absolute Gasteiger partial charge is 0.0950 e. The molecule has 0 aliphatic carbocycles. The molecule has 2 nitrogen and oxygen atoms in total. The van der Waals surface area contributed by atoms with E-state index >= 15 is 0 Å². The van der Waals surface area contributed by atoms with Gasteiger partial charge in [0.15, 0.2) is 0 Å². The fourth-order valence-electron chi connectivity index (χ4n) is 4.75. The van der Waals surface area contributed by atoms with Crippen LogP contribution in [0.4, 0.5) is 0 Å². The van der Waals surface area contributed by atoms with E-state index in [9.17, 15) is 0 Å². The molecule has 3 aromatic rings. The van der Waals surface area contributed by atoms with E-state index in [1.165, 1.54) is 42.5 Å². The van der Waals surface area contributed by atoms with Gasteiger partial charge in [-0.15, -0.1) is 0 Å². The van der Waals surface area contributed by atoms with Gasteiger partial charge in [-0.3, -0.25) is 5.32 Å². The molecule has 1 atom stereocenters. The number of hydrogen-bond donors (Lipinski definition) is 1. The van der Waals surface area contributed by atoms with Gasteiger partial charge >= 0.3 is 0 Å². The molecule has 1 N–H and O–H groups in total. The van der Waals surface area contributed by atoms with E-state index in [0.717, 1.165) is 13.1 Å². The van der Waals surface area contributed by atoms with Crippen LogP contribution >= 0.6 is 0 Å². The number of hydrogen-bond acceptors (Lipinski definition) is 2. The van der Waals surface area contributed by atoms with Crippen LogP contribution in [0.3, 0.4) is 0 Å². The summed E-state index contributed by atoms with van der Waals surface area (Å²) in [7, 11) is 0. The Hall–Kier alpha value is -2.42. The first-order chi connectivity index (χ1) is 14.3. The molecule has 1 aliphatic heterocycles. The Bertz CT molecular complexity index is 764. The minimum atomic E-state index is -0.363. The van der Waals surface area contributed by atoms with Gasteiger partial charge in [-0.1, -0.05) is 104 Å². The number of nitrogens with zero attached hydrogens (tertiary/aromatic N) is 1. The average Bonchev–Trinajstić information content (AvgIpc) is 3.04. The summed E-state index contributed by atoms with van der Waals surface area (Å²) in [6.45, 7) is 5.71. The molecule has 0 saturated carbocycles. The zero-order valence-electron chi connectivity index (χ0n) is 17.4. The van der Waals surface area contributed by atoms with E-state index in [-0.39, 0.29) is 5.54 Å². The lowest BCUT2D eigenvalue weighted by Crippen LogP contribution is -2.52. The Kier molecular flexibility index (Phi) is 6.43. The molecule has 29 heavy (non-hydrogen) atoms. The van der Waals surface area contributed by atoms with Gasteiger partial charge in [-0.2, -0.15) is 0 Å². The van der Waals surface area contributed by atoms with E-state index < -0.39 is 0 Å². The highest BCUT2D eigenvalue weighted by Crippen LogP contribution is 2.37. The summed E-state index contributed by atoms with van der Waals surface area (Å²) in [5, 5.41) is 4.18. The Morgan fingerprint density at radius 3 is 1.69 bits per heavy atom. The Balaban J connectivity index is 1.86. The summed E-state index contributed by atoms with van der Waals surface area (Å²) in [5.74, 6) is 0. The van der Waals surface area contributed by atoms with Gasteiger partial charge < -0.3 is 4.90 Å². The molecular formula is C27H32N2. The van der Waals surface area contributed by atoms with Gasteiger partial charge in [0.2, 0.25) is 0 Å². The molecule has 1 fully saturated rings. The molecule has 0 bridgehead atoms. The fourth-order valence-corrected chi connectivity index (χ4v) is 4.75. The zero-order valence-corrected chi connectivity index (χ0v) is 17.4. The van der Waals surface area contributed by atoms with Crippen molar-refractivity contribution in [2.75, 3.05) is 19.6 Å². The first-order valence-electron chi connectivity index (χ1n) is 11.0. The highest BCUT2D eigenvalue weighted by Gasteiger charge is 2.38. The van der Waals surface area contributed by atoms with Gasteiger partial charge in [0.1, 0.15) is 0 Å². The minimum absolute atomic E-state index is 0.363. The molecule has 0 radical (unpaired) electrons. The number of benzene rings is 3. The first kappa shape index (κ1) is 19.9. The van der Waals surface area contributed by atoms with E-state index in [1.54, 1.807) is 0 Å². The number of likely N-dealkylation sites (tertiary alicyclic amines) is 1. The standard InChI is InChI=1S/C27H32N2/c1-2-29-21-13-12-20-26(22-29)28-27(23-14-6-3-7-15-23,24-16-8-4-9-17-24)25-18-10-5-11-19-25/h3-11,14-19,26,28H,2,12-13,20-22H2,1H3/t26-/m1/s1. The monoisotopic (exact) mass is 384 g/mol. The predicted octanol–water partition coefficient (Wildman–Crippen LogP) is 5.44. The highest BCUT2D eigenvalue weighted by atomic mass is 15.2. The van der Waals surface area contributed by atoms with Crippen LogP contribution in [0.2, 0.25) is 0 Å². The maximum absolute atomic E-state index is 4.18. The molecule has 2 heteroatoms. The van der Waals surface area contributed by atoms with E-state index in [2.05, 4.69) is 108 Å². The van der Waals surface area contributed by atoms with Gasteiger partial charge in [-0.25, -0.2) is 0 Å². The third-order valence-corrected chi connectivity index (χ3v) is 6.24. The van der Waals surface area contributed by atoms with Crippen molar-refractivity contribution in [2.45, 2.75) is 37.8 Å². The minimum Gasteiger partial charge on any atom is -0.302 e. The SMILES string of the molecule is CCN1CCCC[C@@H](NC(c2ccccc2)(c2ccccc2)c2ccccc2)C1. The second-order valence-electron chi connectivity index (χ2n) is 8.08. The normalized spacial score (nSPS) is 18.3. The molecule has 0 aromatic heterocycles. The van der Waals surface area contributed by atoms with Crippen molar-refractivity contribution in [3.8, 4) is 0 Å².